The van der Waals surface area contributed by atoms with Gasteiger partial charge in [-0.05, 0) is 23.6 Å². The van der Waals surface area contributed by atoms with E-state index in [1.54, 1.807) is 0 Å². The zero-order chi connectivity index (χ0) is 13.7. The van der Waals surface area contributed by atoms with Crippen molar-refractivity contribution in [2.24, 2.45) is 0 Å². The van der Waals surface area contributed by atoms with Gasteiger partial charge in [-0.3, -0.25) is 4.79 Å². The fourth-order valence-corrected chi connectivity index (χ4v) is 3.54. The average Bonchev–Trinajstić information content (AvgIpc) is 2.96. The zero-order valence-corrected chi connectivity index (χ0v) is 11.1. The van der Waals surface area contributed by atoms with Crippen molar-refractivity contribution in [1.29, 1.82) is 0 Å². The summed E-state index contributed by atoms with van der Waals surface area (Å²) in [4.78, 5) is 14.5. The zero-order valence-electron chi connectivity index (χ0n) is 11.1. The van der Waals surface area contributed by atoms with Gasteiger partial charge in [0.15, 0.2) is 0 Å². The Morgan fingerprint density at radius 2 is 1.70 bits per heavy atom. The quantitative estimate of drug-likeness (QED) is 0.721. The van der Waals surface area contributed by atoms with Crippen molar-refractivity contribution in [2.75, 3.05) is 4.90 Å². The number of para-hydroxylation sites is 1. The van der Waals surface area contributed by atoms with Gasteiger partial charge in [0.1, 0.15) is 0 Å². The molecule has 0 aromatic heterocycles. The molecule has 2 nitrogen and oxygen atoms in total. The van der Waals surface area contributed by atoms with Crippen molar-refractivity contribution in [3.05, 3.63) is 77.9 Å². The van der Waals surface area contributed by atoms with Crippen molar-refractivity contribution in [2.45, 2.75) is 18.4 Å². The number of rotatable bonds is 1. The maximum Gasteiger partial charge on any atom is 0.254 e. The molecule has 20 heavy (non-hydrogen) atoms. The highest BCUT2D eigenvalue weighted by molar-refractivity contribution is 6.11. The van der Waals surface area contributed by atoms with E-state index in [4.69, 9.17) is 0 Å². The van der Waals surface area contributed by atoms with Gasteiger partial charge in [-0.15, -0.1) is 0 Å². The highest BCUT2D eigenvalue weighted by Gasteiger charge is 2.48. The lowest BCUT2D eigenvalue weighted by Gasteiger charge is -2.20. The van der Waals surface area contributed by atoms with Gasteiger partial charge < -0.3 is 4.90 Å². The Morgan fingerprint density at radius 3 is 2.50 bits per heavy atom. The normalized spacial score (nSPS) is 23.9. The van der Waals surface area contributed by atoms with Crippen LogP contribution in [0.4, 0.5) is 5.69 Å². The van der Waals surface area contributed by atoms with Crippen LogP contribution in [0.25, 0.3) is 0 Å². The van der Waals surface area contributed by atoms with E-state index >= 15 is 0 Å². The predicted molar refractivity (Wildman–Crippen MR) is 79.7 cm³/mol. The second kappa shape index (κ2) is 4.07. The number of benzene rings is 2. The molecule has 0 radical (unpaired) electrons. The molecule has 1 saturated heterocycles. The van der Waals surface area contributed by atoms with E-state index < -0.39 is 0 Å². The molecule has 1 amide bonds. The molecule has 0 spiro atoms. The van der Waals surface area contributed by atoms with Crippen molar-refractivity contribution < 1.29 is 4.79 Å². The molecule has 2 aliphatic rings. The van der Waals surface area contributed by atoms with E-state index in [0.717, 1.165) is 17.7 Å². The van der Waals surface area contributed by atoms with E-state index in [1.165, 1.54) is 11.1 Å². The Morgan fingerprint density at radius 1 is 1.00 bits per heavy atom. The highest BCUT2D eigenvalue weighted by Crippen LogP contribution is 2.47. The highest BCUT2D eigenvalue weighted by atomic mass is 16.2. The Labute approximate surface area is 118 Å². The predicted octanol–water partition coefficient (Wildman–Crippen LogP) is 3.30. The van der Waals surface area contributed by atoms with Crippen LogP contribution in [-0.2, 0) is 11.2 Å². The summed E-state index contributed by atoms with van der Waals surface area (Å²) in [6, 6.07) is 18.6. The molecule has 2 aliphatic heterocycles. The number of hydrogen-bond acceptors (Lipinski definition) is 1. The number of carbonyl (C=O) groups is 1. The fraction of sp³-hybridized carbons (Fsp3) is 0.167. The Balaban J connectivity index is 1.83. The fourth-order valence-electron chi connectivity index (χ4n) is 3.54. The van der Waals surface area contributed by atoms with Crippen LogP contribution in [0.3, 0.4) is 0 Å². The van der Waals surface area contributed by atoms with Crippen molar-refractivity contribution in [3.63, 3.8) is 0 Å². The molecule has 0 saturated carbocycles. The summed E-state index contributed by atoms with van der Waals surface area (Å²) in [7, 11) is 0. The molecule has 2 aromatic carbocycles. The van der Waals surface area contributed by atoms with Crippen molar-refractivity contribution in [3.8, 4) is 0 Å². The summed E-state index contributed by atoms with van der Waals surface area (Å²) in [6.07, 6.45) is 0.917. The SMILES string of the molecule is C=C1C(=O)N2c3ccccc3C[C@@H]2[C@@H]1c1ccccc1. The lowest BCUT2D eigenvalue weighted by Crippen LogP contribution is -2.31. The van der Waals surface area contributed by atoms with Crippen LogP contribution in [0.1, 0.15) is 17.0 Å². The molecule has 2 atom stereocenters. The molecule has 0 N–H and O–H groups in total. The smallest absolute Gasteiger partial charge is 0.254 e. The summed E-state index contributed by atoms with van der Waals surface area (Å²) < 4.78 is 0. The van der Waals surface area contributed by atoms with Gasteiger partial charge in [0.05, 0.1) is 6.04 Å². The molecular formula is C18H15NO. The van der Waals surface area contributed by atoms with Crippen LogP contribution >= 0.6 is 0 Å². The summed E-state index contributed by atoms with van der Waals surface area (Å²) >= 11 is 0. The van der Waals surface area contributed by atoms with E-state index in [0.29, 0.717) is 0 Å². The minimum atomic E-state index is 0.0776. The first kappa shape index (κ1) is 11.5. The Bertz CT molecular complexity index is 698. The Kier molecular flexibility index (Phi) is 2.34. The minimum absolute atomic E-state index is 0.0776. The van der Waals surface area contributed by atoms with Gasteiger partial charge in [-0.1, -0.05) is 55.1 Å². The molecule has 2 heteroatoms. The molecule has 2 aromatic rings. The maximum atomic E-state index is 12.6. The molecule has 98 valence electrons. The number of fused-ring (bicyclic) bond motifs is 3. The number of anilines is 1. The summed E-state index contributed by atoms with van der Waals surface area (Å²) in [5, 5.41) is 0. The molecule has 4 rings (SSSR count). The van der Waals surface area contributed by atoms with Crippen molar-refractivity contribution in [1.82, 2.24) is 0 Å². The Hall–Kier alpha value is -2.35. The van der Waals surface area contributed by atoms with E-state index in [1.807, 2.05) is 41.3 Å². The average molecular weight is 261 g/mol. The van der Waals surface area contributed by atoms with Gasteiger partial charge in [0.2, 0.25) is 0 Å². The second-order valence-corrected chi connectivity index (χ2v) is 5.49. The van der Waals surface area contributed by atoms with Crippen LogP contribution in [0.15, 0.2) is 66.7 Å². The summed E-state index contributed by atoms with van der Waals surface area (Å²) in [6.45, 7) is 4.06. The molecule has 2 heterocycles. The van der Waals surface area contributed by atoms with E-state index in [2.05, 4.69) is 24.8 Å². The number of amides is 1. The second-order valence-electron chi connectivity index (χ2n) is 5.49. The molecule has 1 fully saturated rings. The van der Waals surface area contributed by atoms with Gasteiger partial charge in [-0.25, -0.2) is 0 Å². The van der Waals surface area contributed by atoms with Gasteiger partial charge in [0, 0.05) is 17.2 Å². The summed E-state index contributed by atoms with van der Waals surface area (Å²) in [5.74, 6) is 0.185. The van der Waals surface area contributed by atoms with Crippen LogP contribution in [0.2, 0.25) is 0 Å². The first-order valence-electron chi connectivity index (χ1n) is 6.92. The largest absolute Gasteiger partial charge is 0.304 e. The third-order valence-electron chi connectivity index (χ3n) is 4.42. The summed E-state index contributed by atoms with van der Waals surface area (Å²) in [5.41, 5.74) is 4.23. The topological polar surface area (TPSA) is 20.3 Å². The third kappa shape index (κ3) is 1.42. The molecule has 0 bridgehead atoms. The molecular weight excluding hydrogens is 246 g/mol. The monoisotopic (exact) mass is 261 g/mol. The van der Waals surface area contributed by atoms with Crippen LogP contribution in [0.5, 0.6) is 0 Å². The van der Waals surface area contributed by atoms with Gasteiger partial charge in [0.25, 0.3) is 5.91 Å². The van der Waals surface area contributed by atoms with Crippen molar-refractivity contribution >= 4 is 11.6 Å². The van der Waals surface area contributed by atoms with E-state index in [-0.39, 0.29) is 17.9 Å². The van der Waals surface area contributed by atoms with Gasteiger partial charge >= 0.3 is 0 Å². The van der Waals surface area contributed by atoms with Gasteiger partial charge in [-0.2, -0.15) is 0 Å². The maximum absolute atomic E-state index is 12.6. The van der Waals surface area contributed by atoms with E-state index in [9.17, 15) is 4.79 Å². The minimum Gasteiger partial charge on any atom is -0.304 e. The number of hydrogen-bond donors (Lipinski definition) is 0. The third-order valence-corrected chi connectivity index (χ3v) is 4.42. The van der Waals surface area contributed by atoms with Crippen LogP contribution in [0, 0.1) is 0 Å². The molecule has 0 aliphatic carbocycles. The lowest BCUT2D eigenvalue weighted by molar-refractivity contribution is -0.114. The van der Waals surface area contributed by atoms with Crippen LogP contribution in [-0.4, -0.2) is 11.9 Å². The standard InChI is InChI=1S/C18H15NO/c1-12-17(13-7-3-2-4-8-13)16-11-14-9-5-6-10-15(14)19(16)18(12)20/h2-10,16-17H,1,11H2/t16-,17+/m1/s1. The first-order chi connectivity index (χ1) is 9.77. The molecule has 0 unspecified atom stereocenters. The first-order valence-corrected chi connectivity index (χ1v) is 6.92. The van der Waals surface area contributed by atoms with Crippen LogP contribution < -0.4 is 4.90 Å². The number of nitrogens with zero attached hydrogens (tertiary/aromatic N) is 1. The number of carbonyl (C=O) groups excluding carboxylic acids is 1. The lowest BCUT2D eigenvalue weighted by atomic mass is 9.87.